The van der Waals surface area contributed by atoms with Crippen molar-refractivity contribution < 1.29 is 13.9 Å². The van der Waals surface area contributed by atoms with Gasteiger partial charge < -0.3 is 14.8 Å². The largest absolute Gasteiger partial charge is 0.493 e. The first-order valence-electron chi connectivity index (χ1n) is 8.45. The quantitative estimate of drug-likeness (QED) is 0.470. The number of rotatable bonds is 5. The topological polar surface area (TPSA) is 62.1 Å². The van der Waals surface area contributed by atoms with Crippen LogP contribution in [0.2, 0.25) is 0 Å². The summed E-state index contributed by atoms with van der Waals surface area (Å²) in [6.45, 7) is 2.11. The van der Waals surface area contributed by atoms with Gasteiger partial charge in [0.2, 0.25) is 0 Å². The summed E-state index contributed by atoms with van der Waals surface area (Å²) in [4.78, 5) is 0. The summed E-state index contributed by atoms with van der Waals surface area (Å²) in [5, 5.41) is 11.8. The lowest BCUT2D eigenvalue weighted by Crippen LogP contribution is -1.93. The van der Waals surface area contributed by atoms with E-state index in [0.717, 1.165) is 34.3 Å². The number of fused-ring (bicyclic) bond motifs is 3. The molecule has 2 aromatic rings. The highest BCUT2D eigenvalue weighted by Crippen LogP contribution is 2.46. The molecule has 0 fully saturated rings. The van der Waals surface area contributed by atoms with E-state index < -0.39 is 0 Å². The average Bonchev–Trinajstić information content (AvgIpc) is 3.18. The third-order valence-electron chi connectivity index (χ3n) is 4.68. The number of aromatic nitrogens is 2. The number of aryl methyl sites for hydroxylation is 1. The number of hydrogen-bond acceptors (Lipinski definition) is 3. The smallest absolute Gasteiger partial charge is 0.161 e. The number of nitrogens with one attached hydrogen (secondary N) is 3. The zero-order valence-electron chi connectivity index (χ0n) is 14.9. The maximum Gasteiger partial charge on any atom is 0.161 e. The van der Waals surface area contributed by atoms with E-state index in [-0.39, 0.29) is 5.82 Å². The molecule has 3 N–H and O–H groups in total. The van der Waals surface area contributed by atoms with Gasteiger partial charge in [0.1, 0.15) is 11.6 Å². The summed E-state index contributed by atoms with van der Waals surface area (Å²) in [5.41, 5.74) is 3.91. The molecule has 0 atom stereocenters. The number of aromatic amines is 2. The van der Waals surface area contributed by atoms with Gasteiger partial charge in [-0.05, 0) is 47.7 Å². The number of methoxy groups -OCH3 is 2. The minimum absolute atomic E-state index is 0.278. The van der Waals surface area contributed by atoms with Crippen LogP contribution in [0.1, 0.15) is 12.5 Å². The van der Waals surface area contributed by atoms with Gasteiger partial charge in [0.15, 0.2) is 11.5 Å². The minimum atomic E-state index is -0.278. The molecule has 1 aliphatic carbocycles. The molecule has 0 radical (unpaired) electrons. The molecule has 5 nitrogen and oxygen atoms in total. The lowest BCUT2D eigenvalue weighted by atomic mass is 10.1. The van der Waals surface area contributed by atoms with Crippen LogP contribution >= 0.6 is 0 Å². The van der Waals surface area contributed by atoms with E-state index in [1.54, 1.807) is 20.3 Å². The monoisotopic (exact) mass is 353 g/mol. The number of ether oxygens (including phenoxy) is 2. The number of anilines is 2. The van der Waals surface area contributed by atoms with Crippen molar-refractivity contribution in [2.75, 3.05) is 19.5 Å². The zero-order chi connectivity index (χ0) is 18.3. The van der Waals surface area contributed by atoms with E-state index in [1.807, 2.05) is 18.2 Å². The molecule has 0 spiro atoms. The summed E-state index contributed by atoms with van der Waals surface area (Å²) in [6.07, 6.45) is 0.846. The van der Waals surface area contributed by atoms with Crippen LogP contribution in [0, 0.1) is 5.82 Å². The molecule has 0 unspecified atom stereocenters. The molecule has 2 aromatic carbocycles. The molecule has 0 bridgehead atoms. The molecular weight excluding hydrogens is 333 g/mol. The predicted molar refractivity (Wildman–Crippen MR) is 101 cm³/mol. The fraction of sp³-hybridized carbons (Fsp3) is 0.200. The normalized spacial score (nSPS) is 11.2. The summed E-state index contributed by atoms with van der Waals surface area (Å²) in [5.74, 6) is 1.91. The lowest BCUT2D eigenvalue weighted by molar-refractivity contribution is 0.356. The van der Waals surface area contributed by atoms with E-state index in [1.165, 1.54) is 17.7 Å². The van der Waals surface area contributed by atoms with Gasteiger partial charge in [0.25, 0.3) is 0 Å². The zero-order valence-corrected chi connectivity index (χ0v) is 14.9. The van der Waals surface area contributed by atoms with E-state index in [2.05, 4.69) is 22.4 Å². The Kier molecular flexibility index (Phi) is 3.95. The molecule has 0 aromatic heterocycles. The molecule has 1 heterocycles. The molecule has 0 saturated carbocycles. The van der Waals surface area contributed by atoms with Crippen molar-refractivity contribution in [3.8, 4) is 22.8 Å². The molecular formula is C20H20FN3O2. The van der Waals surface area contributed by atoms with Crippen LogP contribution in [-0.4, -0.2) is 24.4 Å². The predicted octanol–water partition coefficient (Wildman–Crippen LogP) is 5.06. The second kappa shape index (κ2) is 6.29. The average molecular weight is 353 g/mol. The van der Waals surface area contributed by atoms with E-state index >= 15 is 0 Å². The van der Waals surface area contributed by atoms with Crippen molar-refractivity contribution in [1.82, 2.24) is 10.2 Å². The van der Waals surface area contributed by atoms with E-state index in [9.17, 15) is 4.39 Å². The van der Waals surface area contributed by atoms with Gasteiger partial charge in [0.05, 0.1) is 19.9 Å². The number of halogens is 1. The first kappa shape index (κ1) is 16.3. The van der Waals surface area contributed by atoms with Gasteiger partial charge in [-0.25, -0.2) is 4.39 Å². The maximum atomic E-state index is 13.5. The van der Waals surface area contributed by atoms with Crippen LogP contribution in [-0.2, 0) is 6.42 Å². The Balaban J connectivity index is 1.89. The van der Waals surface area contributed by atoms with Gasteiger partial charge in [0, 0.05) is 16.6 Å². The summed E-state index contributed by atoms with van der Waals surface area (Å²) in [6, 6.07) is 10.4. The van der Waals surface area contributed by atoms with Crippen molar-refractivity contribution in [3.63, 3.8) is 0 Å². The van der Waals surface area contributed by atoms with Crippen molar-refractivity contribution >= 4 is 22.3 Å². The van der Waals surface area contributed by atoms with Crippen molar-refractivity contribution in [1.29, 1.82) is 0 Å². The molecule has 26 heavy (non-hydrogen) atoms. The Morgan fingerprint density at radius 1 is 1.00 bits per heavy atom. The van der Waals surface area contributed by atoms with Crippen LogP contribution in [0.3, 0.4) is 0 Å². The third-order valence-corrected chi connectivity index (χ3v) is 4.68. The number of benzene rings is 2. The Morgan fingerprint density at radius 3 is 2.38 bits per heavy atom. The van der Waals surface area contributed by atoms with Crippen LogP contribution in [0.25, 0.3) is 22.0 Å². The van der Waals surface area contributed by atoms with E-state index in [4.69, 9.17) is 9.47 Å². The Hall–Kier alpha value is -3.15. The molecule has 0 saturated heterocycles. The van der Waals surface area contributed by atoms with Gasteiger partial charge in [-0.1, -0.05) is 13.0 Å². The number of hydrogen-bond donors (Lipinski definition) is 3. The highest BCUT2D eigenvalue weighted by atomic mass is 19.1. The summed E-state index contributed by atoms with van der Waals surface area (Å²) in [7, 11) is 3.26. The van der Waals surface area contributed by atoms with E-state index in [0.29, 0.717) is 17.2 Å². The third kappa shape index (κ3) is 2.45. The molecule has 134 valence electrons. The highest BCUT2D eigenvalue weighted by molar-refractivity contribution is 6.08. The molecule has 1 aliphatic heterocycles. The minimum Gasteiger partial charge on any atom is -0.493 e. The first-order valence-corrected chi connectivity index (χ1v) is 8.45. The van der Waals surface area contributed by atoms with Crippen LogP contribution < -0.4 is 14.8 Å². The maximum absolute atomic E-state index is 13.5. The molecule has 4 rings (SSSR count). The van der Waals surface area contributed by atoms with Gasteiger partial charge in [-0.15, -0.1) is 0 Å². The van der Waals surface area contributed by atoms with Crippen LogP contribution in [0.5, 0.6) is 11.5 Å². The fourth-order valence-corrected chi connectivity index (χ4v) is 3.52. The fourth-order valence-electron chi connectivity index (χ4n) is 3.52. The van der Waals surface area contributed by atoms with Crippen molar-refractivity contribution in [2.45, 2.75) is 13.3 Å². The Bertz CT molecular complexity index is 1050. The lowest BCUT2D eigenvalue weighted by Gasteiger charge is -2.08. The number of H-pyrrole nitrogens is 2. The van der Waals surface area contributed by atoms with Crippen molar-refractivity contribution in [2.24, 2.45) is 0 Å². The summed E-state index contributed by atoms with van der Waals surface area (Å²) < 4.78 is 24.4. The second-order valence-corrected chi connectivity index (χ2v) is 6.10. The van der Waals surface area contributed by atoms with Gasteiger partial charge >= 0.3 is 0 Å². The van der Waals surface area contributed by atoms with Crippen LogP contribution in [0.4, 0.5) is 15.9 Å². The molecule has 6 heteroatoms. The van der Waals surface area contributed by atoms with Gasteiger partial charge in [-0.2, -0.15) is 0 Å². The van der Waals surface area contributed by atoms with Crippen LogP contribution in [0.15, 0.2) is 36.4 Å². The first-order chi connectivity index (χ1) is 12.7. The molecule has 0 amide bonds. The Morgan fingerprint density at radius 2 is 1.73 bits per heavy atom. The highest BCUT2D eigenvalue weighted by Gasteiger charge is 2.24. The SMILES string of the molecule is CCc1c2c(Nc3cccc(F)c3)[nH][nH]c-2c2cc(OC)c(OC)cc12. The van der Waals surface area contributed by atoms with Crippen molar-refractivity contribution in [3.05, 3.63) is 47.8 Å². The second-order valence-electron chi connectivity index (χ2n) is 6.10. The molecule has 2 aliphatic rings. The standard InChI is InChI=1S/C20H20FN3O2/c1-4-13-14-9-16(25-2)17(26-3)10-15(14)19-18(13)20(24-23-19)22-12-7-5-6-11(21)8-12/h5-10,22-24H,4H2,1-3H3. The Labute approximate surface area is 150 Å². The summed E-state index contributed by atoms with van der Waals surface area (Å²) >= 11 is 0. The van der Waals surface area contributed by atoms with Gasteiger partial charge in [-0.3, -0.25) is 10.2 Å².